The van der Waals surface area contributed by atoms with Gasteiger partial charge in [0.15, 0.2) is 5.81 Å². The Bertz CT molecular complexity index is 89.7. The van der Waals surface area contributed by atoms with Crippen molar-refractivity contribution >= 4 is 13.7 Å². The first-order chi connectivity index (χ1) is 3.30. The van der Waals surface area contributed by atoms with Gasteiger partial charge in [0.2, 0.25) is 7.85 Å². The van der Waals surface area contributed by atoms with Crippen molar-refractivity contribution in [2.75, 3.05) is 13.1 Å². The lowest BCUT2D eigenvalue weighted by atomic mass is 10.1. The molecule has 7 heavy (non-hydrogen) atoms. The Hall–Kier alpha value is -0.465. The van der Waals surface area contributed by atoms with Gasteiger partial charge < -0.3 is 4.90 Å². The molecule has 0 radical (unpaired) electrons. The second-order valence-corrected chi connectivity index (χ2v) is 1.86. The van der Waals surface area contributed by atoms with Crippen LogP contribution < -0.4 is 0 Å². The second kappa shape index (κ2) is 1.56. The van der Waals surface area contributed by atoms with Crippen LogP contribution in [0.15, 0.2) is 0 Å². The summed E-state index contributed by atoms with van der Waals surface area (Å²) in [5, 5.41) is 0. The molecule has 0 spiro atoms. The molecule has 1 saturated heterocycles. The van der Waals surface area contributed by atoms with E-state index in [4.69, 9.17) is 0 Å². The van der Waals surface area contributed by atoms with Crippen LogP contribution in [-0.2, 0) is 0 Å². The molecule has 3 heteroatoms. The third-order valence-corrected chi connectivity index (χ3v) is 1.30. The van der Waals surface area contributed by atoms with Gasteiger partial charge in [0, 0.05) is 13.1 Å². The van der Waals surface area contributed by atoms with Gasteiger partial charge in [-0.15, -0.1) is 0 Å². The predicted molar refractivity (Wildman–Crippen MR) is 30.1 cm³/mol. The molecule has 0 unspecified atom stereocenters. The predicted octanol–water partition coefficient (Wildman–Crippen LogP) is -0.555. The molecule has 0 bridgehead atoms. The van der Waals surface area contributed by atoms with Crippen LogP contribution in [0.1, 0.15) is 6.42 Å². The number of carbonyl (C=O) groups is 1. The molecule has 0 N–H and O–H groups in total. The van der Waals surface area contributed by atoms with Crippen LogP contribution in [0.25, 0.3) is 0 Å². The van der Waals surface area contributed by atoms with Crippen LogP contribution in [0.4, 0.5) is 4.79 Å². The molecular weight excluding hydrogens is 88.9 g/mol. The van der Waals surface area contributed by atoms with Crippen LogP contribution >= 0.6 is 0 Å². The monoisotopic (exact) mass is 97.1 g/mol. The average Bonchev–Trinajstić information content (AvgIpc) is 1.23. The van der Waals surface area contributed by atoms with Crippen molar-refractivity contribution in [3.63, 3.8) is 0 Å². The maximum Gasteiger partial charge on any atom is 0.215 e. The smallest absolute Gasteiger partial charge is 0.215 e. The zero-order valence-electron chi connectivity index (χ0n) is 4.48. The van der Waals surface area contributed by atoms with Gasteiger partial charge >= 0.3 is 0 Å². The Morgan fingerprint density at radius 2 is 2.14 bits per heavy atom. The number of hydrogen-bond acceptors (Lipinski definition) is 1. The minimum atomic E-state index is 0.214. The van der Waals surface area contributed by atoms with Crippen molar-refractivity contribution < 1.29 is 4.79 Å². The molecule has 1 fully saturated rings. The molecule has 0 aromatic heterocycles. The number of carbonyl (C=O) groups excluding carboxylic acids is 1. The quantitative estimate of drug-likeness (QED) is 0.371. The van der Waals surface area contributed by atoms with Crippen molar-refractivity contribution in [1.82, 2.24) is 4.90 Å². The topological polar surface area (TPSA) is 20.3 Å². The first kappa shape index (κ1) is 4.69. The van der Waals surface area contributed by atoms with Crippen molar-refractivity contribution in [2.24, 2.45) is 0 Å². The summed E-state index contributed by atoms with van der Waals surface area (Å²) in [7, 11) is 1.61. The molecule has 0 atom stereocenters. The fraction of sp³-hybridized carbons (Fsp3) is 0.750. The third-order valence-electron chi connectivity index (χ3n) is 1.30. The lowest BCUT2D eigenvalue weighted by Gasteiger charge is -2.29. The van der Waals surface area contributed by atoms with Gasteiger partial charge in [0.1, 0.15) is 0 Å². The Kier molecular flexibility index (Phi) is 1.05. The highest BCUT2D eigenvalue weighted by molar-refractivity contribution is 6.57. The van der Waals surface area contributed by atoms with Crippen molar-refractivity contribution in [3.8, 4) is 0 Å². The first-order valence-electron chi connectivity index (χ1n) is 2.56. The van der Waals surface area contributed by atoms with Gasteiger partial charge in [-0.05, 0) is 6.42 Å². The number of rotatable bonds is 0. The van der Waals surface area contributed by atoms with Crippen LogP contribution in [-0.4, -0.2) is 31.6 Å². The number of hydrogen-bond donors (Lipinski definition) is 0. The van der Waals surface area contributed by atoms with Crippen LogP contribution in [0.5, 0.6) is 0 Å². The maximum atomic E-state index is 10.4. The van der Waals surface area contributed by atoms with E-state index in [0.29, 0.717) is 0 Å². The minimum Gasteiger partial charge on any atom is -0.352 e. The molecule has 2 nitrogen and oxygen atoms in total. The molecule has 1 aliphatic heterocycles. The molecule has 0 saturated carbocycles. The van der Waals surface area contributed by atoms with Gasteiger partial charge in [0.05, 0.1) is 0 Å². The molecule has 0 aliphatic carbocycles. The molecular formula is C4H8BNO. The Morgan fingerprint density at radius 1 is 1.57 bits per heavy atom. The summed E-state index contributed by atoms with van der Waals surface area (Å²) in [5.41, 5.74) is 0. The minimum absolute atomic E-state index is 0.214. The zero-order chi connectivity index (χ0) is 5.28. The first-order valence-corrected chi connectivity index (χ1v) is 2.56. The highest BCUT2D eigenvalue weighted by Crippen LogP contribution is 2.03. The van der Waals surface area contributed by atoms with Crippen LogP contribution in [0.3, 0.4) is 0 Å². The van der Waals surface area contributed by atoms with Gasteiger partial charge in [0.25, 0.3) is 0 Å². The molecule has 1 rings (SSSR count). The number of likely N-dealkylation sites (tertiary alicyclic amines) is 1. The summed E-state index contributed by atoms with van der Waals surface area (Å²) < 4.78 is 0. The van der Waals surface area contributed by atoms with Crippen molar-refractivity contribution in [3.05, 3.63) is 0 Å². The molecule has 1 heterocycles. The molecule has 38 valence electrons. The Morgan fingerprint density at radius 3 is 2.14 bits per heavy atom. The van der Waals surface area contributed by atoms with E-state index in [-0.39, 0.29) is 5.81 Å². The summed E-state index contributed by atoms with van der Waals surface area (Å²) in [4.78, 5) is 12.2. The van der Waals surface area contributed by atoms with E-state index in [1.165, 1.54) is 6.42 Å². The molecule has 0 aromatic carbocycles. The zero-order valence-corrected chi connectivity index (χ0v) is 4.48. The second-order valence-electron chi connectivity index (χ2n) is 1.86. The van der Waals surface area contributed by atoms with Gasteiger partial charge in [-0.1, -0.05) is 0 Å². The fourth-order valence-electron chi connectivity index (χ4n) is 0.631. The lowest BCUT2D eigenvalue weighted by Crippen LogP contribution is -2.41. The number of amides is 1. The summed E-state index contributed by atoms with van der Waals surface area (Å²) in [6, 6.07) is 0. The van der Waals surface area contributed by atoms with Gasteiger partial charge in [-0.3, -0.25) is 4.79 Å². The summed E-state index contributed by atoms with van der Waals surface area (Å²) in [5.74, 6) is 0.214. The maximum absolute atomic E-state index is 10.4. The van der Waals surface area contributed by atoms with E-state index in [2.05, 4.69) is 0 Å². The number of nitrogens with zero attached hydrogens (tertiary/aromatic N) is 1. The van der Waals surface area contributed by atoms with Crippen molar-refractivity contribution in [1.29, 1.82) is 0 Å². The standard InChI is InChI=1S/C4H8BNO/c5-4(7)6-2-1-3-6/h1-3,5H2. The van der Waals surface area contributed by atoms with Gasteiger partial charge in [-0.2, -0.15) is 0 Å². The largest absolute Gasteiger partial charge is 0.352 e. The summed E-state index contributed by atoms with van der Waals surface area (Å²) in [6.07, 6.45) is 1.19. The lowest BCUT2D eigenvalue weighted by molar-refractivity contribution is 0.191. The van der Waals surface area contributed by atoms with E-state index in [1.807, 2.05) is 4.90 Å². The van der Waals surface area contributed by atoms with E-state index in [0.717, 1.165) is 13.1 Å². The Balaban J connectivity index is 2.27. The highest BCUT2D eigenvalue weighted by atomic mass is 16.1. The molecule has 1 aliphatic rings. The summed E-state index contributed by atoms with van der Waals surface area (Å²) >= 11 is 0. The van der Waals surface area contributed by atoms with Crippen LogP contribution in [0, 0.1) is 0 Å². The fourth-order valence-corrected chi connectivity index (χ4v) is 0.631. The molecule has 0 aromatic rings. The van der Waals surface area contributed by atoms with E-state index < -0.39 is 0 Å². The summed E-state index contributed by atoms with van der Waals surface area (Å²) in [6.45, 7) is 1.96. The SMILES string of the molecule is BC(=O)N1CCC1. The highest BCUT2D eigenvalue weighted by Gasteiger charge is 2.14. The Labute approximate surface area is 43.9 Å². The van der Waals surface area contributed by atoms with E-state index in [1.54, 1.807) is 7.85 Å². The van der Waals surface area contributed by atoms with E-state index in [9.17, 15) is 4.79 Å². The van der Waals surface area contributed by atoms with Crippen molar-refractivity contribution in [2.45, 2.75) is 6.42 Å². The third kappa shape index (κ3) is 0.761. The van der Waals surface area contributed by atoms with Gasteiger partial charge in [-0.25, -0.2) is 0 Å². The average molecular weight is 96.9 g/mol. The van der Waals surface area contributed by atoms with E-state index >= 15 is 0 Å². The van der Waals surface area contributed by atoms with Crippen LogP contribution in [0.2, 0.25) is 0 Å². The molecule has 1 amide bonds. The normalized spacial score (nSPS) is 18.6.